The number of rotatable bonds is 3. The number of carbonyl (C=O) groups excluding carboxylic acids is 1. The number of hydrogen-bond donors (Lipinski definition) is 1. The SMILES string of the molecule is Cc1ccccc1C(=O)Nc1cnc(-n2cccn2)nc1. The van der Waals surface area contributed by atoms with Gasteiger partial charge in [-0.15, -0.1) is 0 Å². The van der Waals surface area contributed by atoms with Gasteiger partial charge in [0.25, 0.3) is 11.9 Å². The Kier molecular flexibility index (Phi) is 3.42. The average molecular weight is 279 g/mol. The molecule has 0 aliphatic rings. The van der Waals surface area contributed by atoms with Gasteiger partial charge in [-0.1, -0.05) is 18.2 Å². The lowest BCUT2D eigenvalue weighted by Gasteiger charge is -2.07. The minimum atomic E-state index is -0.177. The fourth-order valence-electron chi connectivity index (χ4n) is 1.92. The van der Waals surface area contributed by atoms with E-state index >= 15 is 0 Å². The van der Waals surface area contributed by atoms with E-state index in [0.29, 0.717) is 17.2 Å². The molecule has 1 amide bonds. The van der Waals surface area contributed by atoms with Crippen molar-refractivity contribution in [2.24, 2.45) is 0 Å². The summed E-state index contributed by atoms with van der Waals surface area (Å²) in [5.74, 6) is 0.275. The van der Waals surface area contributed by atoms with Crippen LogP contribution in [0.3, 0.4) is 0 Å². The van der Waals surface area contributed by atoms with Crippen LogP contribution in [0.2, 0.25) is 0 Å². The van der Waals surface area contributed by atoms with E-state index in [9.17, 15) is 4.79 Å². The summed E-state index contributed by atoms with van der Waals surface area (Å²) in [7, 11) is 0. The number of carbonyl (C=O) groups is 1. The molecule has 3 aromatic rings. The third-order valence-electron chi connectivity index (χ3n) is 3.00. The maximum atomic E-state index is 12.2. The highest BCUT2D eigenvalue weighted by Crippen LogP contribution is 2.11. The Labute approximate surface area is 121 Å². The summed E-state index contributed by atoms with van der Waals surface area (Å²) in [5, 5.41) is 6.82. The largest absolute Gasteiger partial charge is 0.319 e. The van der Waals surface area contributed by atoms with Gasteiger partial charge in [-0.05, 0) is 24.6 Å². The Morgan fingerprint density at radius 3 is 2.57 bits per heavy atom. The Hall–Kier alpha value is -3.02. The first-order valence-corrected chi connectivity index (χ1v) is 6.43. The zero-order chi connectivity index (χ0) is 14.7. The van der Waals surface area contributed by atoms with Gasteiger partial charge in [0.1, 0.15) is 0 Å². The summed E-state index contributed by atoms with van der Waals surface area (Å²) in [6.07, 6.45) is 6.51. The molecule has 0 fully saturated rings. The molecule has 0 aliphatic heterocycles. The van der Waals surface area contributed by atoms with Crippen molar-refractivity contribution < 1.29 is 4.79 Å². The Morgan fingerprint density at radius 1 is 1.14 bits per heavy atom. The van der Waals surface area contributed by atoms with Gasteiger partial charge in [-0.2, -0.15) is 5.10 Å². The van der Waals surface area contributed by atoms with Crippen LogP contribution >= 0.6 is 0 Å². The van der Waals surface area contributed by atoms with Crippen LogP contribution in [0.1, 0.15) is 15.9 Å². The number of nitrogens with zero attached hydrogens (tertiary/aromatic N) is 4. The zero-order valence-electron chi connectivity index (χ0n) is 11.4. The molecular formula is C15H13N5O. The summed E-state index contributed by atoms with van der Waals surface area (Å²) in [5.41, 5.74) is 2.09. The minimum Gasteiger partial charge on any atom is -0.319 e. The molecule has 1 aromatic carbocycles. The van der Waals surface area contributed by atoms with E-state index in [1.54, 1.807) is 41.6 Å². The number of aryl methyl sites for hydroxylation is 1. The second kappa shape index (κ2) is 5.54. The predicted octanol–water partition coefficient (Wildman–Crippen LogP) is 2.22. The van der Waals surface area contributed by atoms with Crippen LogP contribution in [0.4, 0.5) is 5.69 Å². The first-order chi connectivity index (χ1) is 10.2. The number of benzene rings is 1. The number of anilines is 1. The van der Waals surface area contributed by atoms with Crippen LogP contribution in [0.5, 0.6) is 0 Å². The molecule has 0 saturated heterocycles. The van der Waals surface area contributed by atoms with Gasteiger partial charge in [-0.25, -0.2) is 14.6 Å². The van der Waals surface area contributed by atoms with E-state index in [1.807, 2.05) is 25.1 Å². The monoisotopic (exact) mass is 279 g/mol. The Morgan fingerprint density at radius 2 is 1.90 bits per heavy atom. The molecule has 104 valence electrons. The smallest absolute Gasteiger partial charge is 0.256 e. The third-order valence-corrected chi connectivity index (χ3v) is 3.00. The van der Waals surface area contributed by atoms with Crippen LogP contribution < -0.4 is 5.32 Å². The summed E-state index contributed by atoms with van der Waals surface area (Å²) in [6, 6.07) is 9.19. The maximum absolute atomic E-state index is 12.2. The second-order valence-electron chi connectivity index (χ2n) is 4.49. The first-order valence-electron chi connectivity index (χ1n) is 6.43. The van der Waals surface area contributed by atoms with Crippen molar-refractivity contribution in [1.82, 2.24) is 19.7 Å². The average Bonchev–Trinajstić information content (AvgIpc) is 3.02. The van der Waals surface area contributed by atoms with Gasteiger partial charge in [0.15, 0.2) is 0 Å². The van der Waals surface area contributed by atoms with Gasteiger partial charge in [0, 0.05) is 18.0 Å². The van der Waals surface area contributed by atoms with Crippen LogP contribution in [0.25, 0.3) is 5.95 Å². The molecule has 6 heteroatoms. The van der Waals surface area contributed by atoms with Gasteiger partial charge >= 0.3 is 0 Å². The van der Waals surface area contributed by atoms with E-state index < -0.39 is 0 Å². The molecule has 6 nitrogen and oxygen atoms in total. The van der Waals surface area contributed by atoms with Crippen molar-refractivity contribution in [3.63, 3.8) is 0 Å². The first kappa shape index (κ1) is 13.0. The van der Waals surface area contributed by atoms with Gasteiger partial charge in [0.05, 0.1) is 18.1 Å². The molecule has 0 atom stereocenters. The Balaban J connectivity index is 1.77. The van der Waals surface area contributed by atoms with Crippen molar-refractivity contribution in [3.05, 3.63) is 66.2 Å². The number of aromatic nitrogens is 4. The second-order valence-corrected chi connectivity index (χ2v) is 4.49. The lowest BCUT2D eigenvalue weighted by Crippen LogP contribution is -2.14. The highest BCUT2D eigenvalue weighted by Gasteiger charge is 2.09. The molecule has 2 heterocycles. The summed E-state index contributed by atoms with van der Waals surface area (Å²) >= 11 is 0. The normalized spacial score (nSPS) is 10.3. The van der Waals surface area contributed by atoms with Crippen molar-refractivity contribution in [1.29, 1.82) is 0 Å². The van der Waals surface area contributed by atoms with Crippen molar-refractivity contribution in [2.75, 3.05) is 5.32 Å². The predicted molar refractivity (Wildman–Crippen MR) is 78.3 cm³/mol. The topological polar surface area (TPSA) is 72.7 Å². The lowest BCUT2D eigenvalue weighted by molar-refractivity contribution is 0.102. The van der Waals surface area contributed by atoms with Crippen LogP contribution in [-0.2, 0) is 0 Å². The molecule has 21 heavy (non-hydrogen) atoms. The van der Waals surface area contributed by atoms with Crippen molar-refractivity contribution in [2.45, 2.75) is 6.92 Å². The number of nitrogens with one attached hydrogen (secondary N) is 1. The molecule has 0 aliphatic carbocycles. The number of amides is 1. The van der Waals surface area contributed by atoms with E-state index in [1.165, 1.54) is 0 Å². The quantitative estimate of drug-likeness (QED) is 0.798. The molecule has 2 aromatic heterocycles. The lowest BCUT2D eigenvalue weighted by atomic mass is 10.1. The van der Waals surface area contributed by atoms with E-state index in [4.69, 9.17) is 0 Å². The fraction of sp³-hybridized carbons (Fsp3) is 0.0667. The van der Waals surface area contributed by atoms with Gasteiger partial charge in [-0.3, -0.25) is 4.79 Å². The van der Waals surface area contributed by atoms with E-state index in [0.717, 1.165) is 5.56 Å². The Bertz CT molecular complexity index is 750. The molecule has 3 rings (SSSR count). The highest BCUT2D eigenvalue weighted by atomic mass is 16.1. The number of hydrogen-bond acceptors (Lipinski definition) is 4. The molecule has 1 N–H and O–H groups in total. The molecule has 0 unspecified atom stereocenters. The summed E-state index contributed by atoms with van der Waals surface area (Å²) < 4.78 is 1.55. The maximum Gasteiger partial charge on any atom is 0.256 e. The molecule has 0 saturated carbocycles. The summed E-state index contributed by atoms with van der Waals surface area (Å²) in [4.78, 5) is 20.5. The molecule has 0 spiro atoms. The van der Waals surface area contributed by atoms with E-state index in [2.05, 4.69) is 20.4 Å². The molecular weight excluding hydrogens is 266 g/mol. The van der Waals surface area contributed by atoms with Gasteiger partial charge < -0.3 is 5.32 Å². The van der Waals surface area contributed by atoms with Crippen molar-refractivity contribution >= 4 is 11.6 Å². The molecule has 0 bridgehead atoms. The van der Waals surface area contributed by atoms with E-state index in [-0.39, 0.29) is 5.91 Å². The molecule has 0 radical (unpaired) electrons. The van der Waals surface area contributed by atoms with Gasteiger partial charge in [0.2, 0.25) is 0 Å². The zero-order valence-corrected chi connectivity index (χ0v) is 11.4. The summed E-state index contributed by atoms with van der Waals surface area (Å²) in [6.45, 7) is 1.90. The van der Waals surface area contributed by atoms with Crippen LogP contribution in [0, 0.1) is 6.92 Å². The minimum absolute atomic E-state index is 0.177. The van der Waals surface area contributed by atoms with Crippen molar-refractivity contribution in [3.8, 4) is 5.95 Å². The van der Waals surface area contributed by atoms with Crippen LogP contribution in [0.15, 0.2) is 55.1 Å². The van der Waals surface area contributed by atoms with Crippen LogP contribution in [-0.4, -0.2) is 25.7 Å². The highest BCUT2D eigenvalue weighted by molar-refractivity contribution is 6.05. The third kappa shape index (κ3) is 2.79. The standard InChI is InChI=1S/C15H13N5O/c1-11-5-2-3-6-13(11)14(21)19-12-9-16-15(17-10-12)20-8-4-7-18-20/h2-10H,1H3,(H,19,21). The fourth-order valence-corrected chi connectivity index (χ4v) is 1.92.